The highest BCUT2D eigenvalue weighted by Crippen LogP contribution is 2.04. The van der Waals surface area contributed by atoms with E-state index in [1.807, 2.05) is 6.92 Å². The van der Waals surface area contributed by atoms with Gasteiger partial charge >= 0.3 is 0 Å². The molecule has 2 heteroatoms. The van der Waals surface area contributed by atoms with E-state index in [1.165, 1.54) is 49.7 Å². The van der Waals surface area contributed by atoms with Gasteiger partial charge in [0.2, 0.25) is 0 Å². The normalized spacial score (nSPS) is 12.7. The van der Waals surface area contributed by atoms with Gasteiger partial charge in [0.05, 0.1) is 0 Å². The van der Waals surface area contributed by atoms with Crippen LogP contribution in [-0.4, -0.2) is 17.0 Å². The highest BCUT2D eigenvalue weighted by atomic mass is 16.5. The summed E-state index contributed by atoms with van der Waals surface area (Å²) in [6.45, 7) is 7.09. The van der Waals surface area contributed by atoms with Gasteiger partial charge in [-0.15, -0.1) is 0 Å². The van der Waals surface area contributed by atoms with Gasteiger partial charge in [-0.3, -0.25) is 0 Å². The summed E-state index contributed by atoms with van der Waals surface area (Å²) in [5.74, 6) is 0. The molecular formula is C14H29NO. The van der Waals surface area contributed by atoms with E-state index in [0.29, 0.717) is 6.54 Å². The first-order valence-corrected chi connectivity index (χ1v) is 6.99. The van der Waals surface area contributed by atoms with Crippen molar-refractivity contribution in [3.05, 3.63) is 5.21 Å². The van der Waals surface area contributed by atoms with Crippen LogP contribution in [0.4, 0.5) is 0 Å². The van der Waals surface area contributed by atoms with E-state index < -0.39 is 0 Å². The first-order chi connectivity index (χ1) is 7.72. The van der Waals surface area contributed by atoms with E-state index in [0.717, 1.165) is 18.6 Å². The van der Waals surface area contributed by atoms with E-state index in [-0.39, 0.29) is 0 Å². The average Bonchev–Trinajstić information content (AvgIpc) is 2.29. The molecule has 0 aromatic rings. The molecule has 0 aliphatic rings. The topological polar surface area (TPSA) is 26.1 Å². The second-order valence-electron chi connectivity index (χ2n) is 4.71. The molecule has 0 radical (unpaired) electrons. The minimum atomic E-state index is 0.694. The summed E-state index contributed by atoms with van der Waals surface area (Å²) in [4.78, 5) is 0. The lowest BCUT2D eigenvalue weighted by atomic mass is 10.1. The third kappa shape index (κ3) is 8.75. The maximum absolute atomic E-state index is 11.6. The van der Waals surface area contributed by atoms with Crippen LogP contribution < -0.4 is 0 Å². The Kier molecular flexibility index (Phi) is 10.6. The van der Waals surface area contributed by atoms with Crippen molar-refractivity contribution in [1.82, 2.24) is 0 Å². The third-order valence-corrected chi connectivity index (χ3v) is 3.03. The van der Waals surface area contributed by atoms with Gasteiger partial charge < -0.3 is 5.21 Å². The van der Waals surface area contributed by atoms with E-state index in [4.69, 9.17) is 0 Å². The molecule has 0 unspecified atom stereocenters. The smallest absolute Gasteiger partial charge is 0.160 e. The van der Waals surface area contributed by atoms with Crippen molar-refractivity contribution < 1.29 is 4.74 Å². The lowest BCUT2D eigenvalue weighted by molar-refractivity contribution is -0.460. The molecule has 0 bridgehead atoms. The zero-order valence-electron chi connectivity index (χ0n) is 11.4. The zero-order chi connectivity index (χ0) is 12.2. The molecule has 0 aliphatic carbocycles. The van der Waals surface area contributed by atoms with Crippen LogP contribution in [0.5, 0.6) is 0 Å². The van der Waals surface area contributed by atoms with Gasteiger partial charge in [0.15, 0.2) is 12.3 Å². The Morgan fingerprint density at radius 1 is 0.875 bits per heavy atom. The number of rotatable bonds is 10. The lowest BCUT2D eigenvalue weighted by Crippen LogP contribution is -2.14. The Morgan fingerprint density at radius 3 is 2.00 bits per heavy atom. The van der Waals surface area contributed by atoms with Crippen molar-refractivity contribution in [2.24, 2.45) is 0 Å². The fourth-order valence-electron chi connectivity index (χ4n) is 1.81. The Hall–Kier alpha value is -0.530. The molecule has 0 amide bonds. The van der Waals surface area contributed by atoms with E-state index in [9.17, 15) is 5.21 Å². The SMILES string of the molecule is CCCCCC/C(C)=[N+](\[O-])CCCCCC. The maximum Gasteiger partial charge on any atom is 0.160 e. The van der Waals surface area contributed by atoms with Gasteiger partial charge in [-0.2, -0.15) is 0 Å². The van der Waals surface area contributed by atoms with Crippen molar-refractivity contribution in [3.8, 4) is 0 Å². The van der Waals surface area contributed by atoms with Crippen molar-refractivity contribution in [2.45, 2.75) is 78.6 Å². The molecule has 0 N–H and O–H groups in total. The molecule has 0 aliphatic heterocycles. The summed E-state index contributed by atoms with van der Waals surface area (Å²) in [7, 11) is 0. The summed E-state index contributed by atoms with van der Waals surface area (Å²) in [5, 5.41) is 11.6. The van der Waals surface area contributed by atoms with Gasteiger partial charge in [-0.05, 0) is 12.8 Å². The summed E-state index contributed by atoms with van der Waals surface area (Å²) in [6, 6.07) is 0. The van der Waals surface area contributed by atoms with Crippen LogP contribution in [0.15, 0.2) is 0 Å². The molecule has 16 heavy (non-hydrogen) atoms. The Balaban J connectivity index is 3.60. The summed E-state index contributed by atoms with van der Waals surface area (Å²) in [6.07, 6.45) is 10.7. The maximum atomic E-state index is 11.6. The fraction of sp³-hybridized carbons (Fsp3) is 0.929. The first kappa shape index (κ1) is 15.5. The van der Waals surface area contributed by atoms with Crippen LogP contribution >= 0.6 is 0 Å². The number of unbranched alkanes of at least 4 members (excludes halogenated alkanes) is 6. The number of hydroxylamine groups is 1. The second-order valence-corrected chi connectivity index (χ2v) is 4.71. The Bertz CT molecular complexity index is 167. The number of hydrogen-bond donors (Lipinski definition) is 0. The van der Waals surface area contributed by atoms with Crippen LogP contribution in [0, 0.1) is 5.21 Å². The molecule has 0 aromatic heterocycles. The molecule has 0 saturated carbocycles. The number of hydrogen-bond acceptors (Lipinski definition) is 1. The first-order valence-electron chi connectivity index (χ1n) is 6.99. The van der Waals surface area contributed by atoms with Gasteiger partial charge in [-0.25, -0.2) is 4.74 Å². The summed E-state index contributed by atoms with van der Waals surface area (Å²) >= 11 is 0. The zero-order valence-corrected chi connectivity index (χ0v) is 11.4. The van der Waals surface area contributed by atoms with Crippen molar-refractivity contribution >= 4 is 5.71 Å². The van der Waals surface area contributed by atoms with Crippen LogP contribution in [-0.2, 0) is 0 Å². The van der Waals surface area contributed by atoms with Gasteiger partial charge in [0.25, 0.3) is 0 Å². The Morgan fingerprint density at radius 2 is 1.44 bits per heavy atom. The molecule has 2 nitrogen and oxygen atoms in total. The van der Waals surface area contributed by atoms with Crippen LogP contribution in [0.2, 0.25) is 0 Å². The van der Waals surface area contributed by atoms with E-state index in [2.05, 4.69) is 13.8 Å². The predicted octanol–water partition coefficient (Wildman–Crippen LogP) is 4.51. The fourth-order valence-corrected chi connectivity index (χ4v) is 1.81. The van der Waals surface area contributed by atoms with Crippen molar-refractivity contribution in [2.75, 3.05) is 6.54 Å². The third-order valence-electron chi connectivity index (χ3n) is 3.03. The number of nitrogens with zero attached hydrogens (tertiary/aromatic N) is 1. The molecule has 0 atom stereocenters. The predicted molar refractivity (Wildman–Crippen MR) is 72.1 cm³/mol. The molecule has 0 heterocycles. The van der Waals surface area contributed by atoms with Gasteiger partial charge in [0, 0.05) is 19.8 Å². The monoisotopic (exact) mass is 227 g/mol. The Labute approximate surface area is 101 Å². The molecule has 96 valence electrons. The highest BCUT2D eigenvalue weighted by molar-refractivity contribution is 5.76. The largest absolute Gasteiger partial charge is 0.624 e. The van der Waals surface area contributed by atoms with Gasteiger partial charge in [0.1, 0.15) is 0 Å². The molecule has 0 rings (SSSR count). The molecule has 0 spiro atoms. The molecular weight excluding hydrogens is 198 g/mol. The summed E-state index contributed by atoms with van der Waals surface area (Å²) in [5.41, 5.74) is 1.02. The van der Waals surface area contributed by atoms with Crippen molar-refractivity contribution in [3.63, 3.8) is 0 Å². The van der Waals surface area contributed by atoms with Crippen molar-refractivity contribution in [1.29, 1.82) is 0 Å². The van der Waals surface area contributed by atoms with Crippen LogP contribution in [0.3, 0.4) is 0 Å². The summed E-state index contributed by atoms with van der Waals surface area (Å²) < 4.78 is 1.21. The molecule has 0 fully saturated rings. The molecule has 0 aromatic carbocycles. The van der Waals surface area contributed by atoms with Crippen LogP contribution in [0.25, 0.3) is 0 Å². The van der Waals surface area contributed by atoms with E-state index >= 15 is 0 Å². The minimum absolute atomic E-state index is 0.694. The highest BCUT2D eigenvalue weighted by Gasteiger charge is 2.02. The quantitative estimate of drug-likeness (QED) is 0.177. The van der Waals surface area contributed by atoms with Gasteiger partial charge in [-0.1, -0.05) is 46.0 Å². The van der Waals surface area contributed by atoms with E-state index in [1.54, 1.807) is 0 Å². The average molecular weight is 227 g/mol. The lowest BCUT2D eigenvalue weighted by Gasteiger charge is -2.08. The molecule has 0 saturated heterocycles. The minimum Gasteiger partial charge on any atom is -0.624 e. The van der Waals surface area contributed by atoms with Crippen LogP contribution in [0.1, 0.15) is 78.6 Å². The standard InChI is InChI=1S/C14H29NO/c1-4-6-8-10-12-14(3)15(16)13-11-9-7-5-2/h4-13H2,1-3H3/b15-14-. The second kappa shape index (κ2) is 11.0.